The number of benzene rings is 3. The summed E-state index contributed by atoms with van der Waals surface area (Å²) in [6.07, 6.45) is 0. The summed E-state index contributed by atoms with van der Waals surface area (Å²) in [5.41, 5.74) is 3.26. The average Bonchev–Trinajstić information content (AvgIpc) is 3.16. The second kappa shape index (κ2) is 8.00. The molecule has 3 aromatic carbocycles. The highest BCUT2D eigenvalue weighted by Gasteiger charge is 2.12. The first-order valence-corrected chi connectivity index (χ1v) is 9.13. The normalized spacial score (nSPS) is 10.8. The Morgan fingerprint density at radius 1 is 1.10 bits per heavy atom. The standard InChI is InChI=1S/C21H17N5O4/c27-20-10-9-17(26(29)30)11-16(20)12-22-21(28)15-7-5-14(6-8-15)13-25-19-4-2-1-3-18(19)23-24-25/h1-11,27H,12-13H2,(H,22,28). The molecule has 9 nitrogen and oxygen atoms in total. The maximum absolute atomic E-state index is 12.4. The number of phenols is 1. The lowest BCUT2D eigenvalue weighted by atomic mass is 10.1. The van der Waals surface area contributed by atoms with E-state index in [2.05, 4.69) is 15.6 Å². The van der Waals surface area contributed by atoms with Crippen LogP contribution in [-0.4, -0.2) is 30.9 Å². The summed E-state index contributed by atoms with van der Waals surface area (Å²) >= 11 is 0. The lowest BCUT2D eigenvalue weighted by Gasteiger charge is -2.08. The van der Waals surface area contributed by atoms with Crippen LogP contribution in [0.25, 0.3) is 11.0 Å². The second-order valence-corrected chi connectivity index (χ2v) is 6.69. The topological polar surface area (TPSA) is 123 Å². The lowest BCUT2D eigenvalue weighted by Crippen LogP contribution is -2.22. The molecule has 150 valence electrons. The monoisotopic (exact) mass is 403 g/mol. The van der Waals surface area contributed by atoms with E-state index < -0.39 is 4.92 Å². The molecule has 0 bridgehead atoms. The van der Waals surface area contributed by atoms with Gasteiger partial charge in [-0.15, -0.1) is 5.10 Å². The van der Waals surface area contributed by atoms with Gasteiger partial charge in [-0.3, -0.25) is 14.9 Å². The number of rotatable bonds is 6. The Hall–Kier alpha value is -4.27. The summed E-state index contributed by atoms with van der Waals surface area (Å²) in [6, 6.07) is 18.4. The molecule has 4 aromatic rings. The van der Waals surface area contributed by atoms with Crippen molar-refractivity contribution in [3.8, 4) is 5.75 Å². The molecule has 0 atom stereocenters. The minimum Gasteiger partial charge on any atom is -0.508 e. The third kappa shape index (κ3) is 3.95. The van der Waals surface area contributed by atoms with Crippen LogP contribution in [0.1, 0.15) is 21.5 Å². The van der Waals surface area contributed by atoms with E-state index in [1.807, 2.05) is 36.4 Å². The van der Waals surface area contributed by atoms with Crippen LogP contribution in [-0.2, 0) is 13.1 Å². The number of nitrogens with zero attached hydrogens (tertiary/aromatic N) is 4. The molecule has 1 heterocycles. The van der Waals surface area contributed by atoms with Crippen molar-refractivity contribution in [2.24, 2.45) is 0 Å². The van der Waals surface area contributed by atoms with Crippen LogP contribution in [0.4, 0.5) is 5.69 Å². The summed E-state index contributed by atoms with van der Waals surface area (Å²) in [6.45, 7) is 0.489. The average molecular weight is 403 g/mol. The molecule has 0 saturated heterocycles. The van der Waals surface area contributed by atoms with Crippen molar-refractivity contribution in [3.05, 3.63) is 93.5 Å². The molecule has 1 aromatic heterocycles. The van der Waals surface area contributed by atoms with Gasteiger partial charge in [-0.1, -0.05) is 29.5 Å². The van der Waals surface area contributed by atoms with Gasteiger partial charge in [0.1, 0.15) is 11.3 Å². The summed E-state index contributed by atoms with van der Waals surface area (Å²) in [5.74, 6) is -0.463. The van der Waals surface area contributed by atoms with Crippen LogP contribution >= 0.6 is 0 Å². The number of nitro benzene ring substituents is 1. The number of nitro groups is 1. The van der Waals surface area contributed by atoms with Crippen molar-refractivity contribution < 1.29 is 14.8 Å². The number of phenolic OH excluding ortho intramolecular Hbond substituents is 1. The molecular formula is C21H17N5O4. The molecular weight excluding hydrogens is 386 g/mol. The number of carbonyl (C=O) groups excluding carboxylic acids is 1. The maximum atomic E-state index is 12.4. The molecule has 0 aliphatic heterocycles. The number of aromatic nitrogens is 3. The molecule has 1 amide bonds. The highest BCUT2D eigenvalue weighted by Crippen LogP contribution is 2.22. The fourth-order valence-electron chi connectivity index (χ4n) is 3.07. The number of hydrogen-bond donors (Lipinski definition) is 2. The SMILES string of the molecule is O=C(NCc1cc([N+](=O)[O-])ccc1O)c1ccc(Cn2nnc3ccccc32)cc1. The van der Waals surface area contributed by atoms with Gasteiger partial charge in [0.2, 0.25) is 0 Å². The Labute approximate surface area is 170 Å². The highest BCUT2D eigenvalue weighted by molar-refractivity contribution is 5.94. The number of amides is 1. The predicted octanol–water partition coefficient (Wildman–Crippen LogP) is 3.02. The van der Waals surface area contributed by atoms with Crippen molar-refractivity contribution in [2.75, 3.05) is 0 Å². The van der Waals surface area contributed by atoms with Crippen molar-refractivity contribution in [1.29, 1.82) is 0 Å². The Morgan fingerprint density at radius 3 is 2.63 bits per heavy atom. The molecule has 30 heavy (non-hydrogen) atoms. The molecule has 0 fully saturated rings. The van der Waals surface area contributed by atoms with E-state index in [-0.39, 0.29) is 29.5 Å². The Bertz CT molecular complexity index is 1230. The predicted molar refractivity (Wildman–Crippen MR) is 109 cm³/mol. The Balaban J connectivity index is 1.42. The minimum absolute atomic E-state index is 0.0287. The number of aromatic hydroxyl groups is 1. The first-order chi connectivity index (χ1) is 14.5. The largest absolute Gasteiger partial charge is 0.508 e. The van der Waals surface area contributed by atoms with Gasteiger partial charge in [-0.2, -0.15) is 0 Å². The van der Waals surface area contributed by atoms with Crippen LogP contribution in [0.3, 0.4) is 0 Å². The zero-order valence-corrected chi connectivity index (χ0v) is 15.7. The second-order valence-electron chi connectivity index (χ2n) is 6.69. The molecule has 0 spiro atoms. The third-order valence-electron chi connectivity index (χ3n) is 4.68. The number of non-ortho nitro benzene ring substituents is 1. The van der Waals surface area contributed by atoms with E-state index in [0.29, 0.717) is 12.1 Å². The molecule has 4 rings (SSSR count). The molecule has 0 aliphatic rings. The summed E-state index contributed by atoms with van der Waals surface area (Å²) in [5, 5.41) is 31.7. The van der Waals surface area contributed by atoms with Gasteiger partial charge < -0.3 is 10.4 Å². The highest BCUT2D eigenvalue weighted by atomic mass is 16.6. The minimum atomic E-state index is -0.554. The Kier molecular flexibility index (Phi) is 5.08. The smallest absolute Gasteiger partial charge is 0.270 e. The van der Waals surface area contributed by atoms with Crippen LogP contribution < -0.4 is 5.32 Å². The van der Waals surface area contributed by atoms with E-state index >= 15 is 0 Å². The van der Waals surface area contributed by atoms with Crippen LogP contribution in [0.2, 0.25) is 0 Å². The zero-order valence-electron chi connectivity index (χ0n) is 15.7. The van der Waals surface area contributed by atoms with E-state index in [9.17, 15) is 20.0 Å². The van der Waals surface area contributed by atoms with Crippen LogP contribution in [0.15, 0.2) is 66.7 Å². The van der Waals surface area contributed by atoms with Crippen molar-refractivity contribution >= 4 is 22.6 Å². The van der Waals surface area contributed by atoms with Crippen LogP contribution in [0, 0.1) is 10.1 Å². The van der Waals surface area contributed by atoms with Crippen molar-refractivity contribution in [3.63, 3.8) is 0 Å². The number of para-hydroxylation sites is 1. The first-order valence-electron chi connectivity index (χ1n) is 9.13. The van der Waals surface area contributed by atoms with E-state index in [1.165, 1.54) is 18.2 Å². The van der Waals surface area contributed by atoms with E-state index in [0.717, 1.165) is 16.6 Å². The number of fused-ring (bicyclic) bond motifs is 1. The molecule has 9 heteroatoms. The fraction of sp³-hybridized carbons (Fsp3) is 0.0952. The van der Waals surface area contributed by atoms with Crippen molar-refractivity contribution in [1.82, 2.24) is 20.3 Å². The number of hydrogen-bond acceptors (Lipinski definition) is 6. The van der Waals surface area contributed by atoms with Gasteiger partial charge in [-0.05, 0) is 35.9 Å². The quantitative estimate of drug-likeness (QED) is 0.377. The maximum Gasteiger partial charge on any atom is 0.270 e. The molecule has 0 saturated carbocycles. The van der Waals surface area contributed by atoms with Crippen molar-refractivity contribution in [2.45, 2.75) is 13.1 Å². The fourth-order valence-corrected chi connectivity index (χ4v) is 3.07. The third-order valence-corrected chi connectivity index (χ3v) is 4.68. The molecule has 2 N–H and O–H groups in total. The van der Waals surface area contributed by atoms with Gasteiger partial charge >= 0.3 is 0 Å². The van der Waals surface area contributed by atoms with Gasteiger partial charge in [-0.25, -0.2) is 4.68 Å². The summed E-state index contributed by atoms with van der Waals surface area (Å²) < 4.78 is 1.79. The number of nitrogens with one attached hydrogen (secondary N) is 1. The van der Waals surface area contributed by atoms with E-state index in [4.69, 9.17) is 0 Å². The lowest BCUT2D eigenvalue weighted by molar-refractivity contribution is -0.384. The number of carbonyl (C=O) groups is 1. The van der Waals surface area contributed by atoms with Gasteiger partial charge in [0.05, 0.1) is 17.0 Å². The summed E-state index contributed by atoms with van der Waals surface area (Å²) in [4.78, 5) is 22.7. The van der Waals surface area contributed by atoms with Gasteiger partial charge in [0, 0.05) is 29.8 Å². The summed E-state index contributed by atoms with van der Waals surface area (Å²) in [7, 11) is 0. The van der Waals surface area contributed by atoms with Gasteiger partial charge in [0.25, 0.3) is 11.6 Å². The zero-order chi connectivity index (χ0) is 21.1. The van der Waals surface area contributed by atoms with E-state index in [1.54, 1.807) is 16.8 Å². The Morgan fingerprint density at radius 2 is 1.87 bits per heavy atom. The molecule has 0 radical (unpaired) electrons. The van der Waals surface area contributed by atoms with Gasteiger partial charge in [0.15, 0.2) is 0 Å². The molecule has 0 unspecified atom stereocenters. The first kappa shape index (κ1) is 19.1. The molecule has 0 aliphatic carbocycles. The van der Waals surface area contributed by atoms with Crippen LogP contribution in [0.5, 0.6) is 5.75 Å².